The van der Waals surface area contributed by atoms with E-state index in [2.05, 4.69) is 30.7 Å². The van der Waals surface area contributed by atoms with Gasteiger partial charge in [-0.05, 0) is 53.7 Å². The van der Waals surface area contributed by atoms with Crippen LogP contribution in [0, 0.1) is 0 Å². The smallest absolute Gasteiger partial charge is 0.138 e. The fourth-order valence-electron chi connectivity index (χ4n) is 2.37. The first-order valence-corrected chi connectivity index (χ1v) is 7.96. The van der Waals surface area contributed by atoms with Gasteiger partial charge in [-0.1, -0.05) is 0 Å². The van der Waals surface area contributed by atoms with Gasteiger partial charge in [0.15, 0.2) is 0 Å². The van der Waals surface area contributed by atoms with Gasteiger partial charge in [0.1, 0.15) is 17.2 Å². The van der Waals surface area contributed by atoms with Gasteiger partial charge in [0.25, 0.3) is 0 Å². The van der Waals surface area contributed by atoms with E-state index in [1.54, 1.807) is 6.20 Å². The Labute approximate surface area is 134 Å². The van der Waals surface area contributed by atoms with E-state index in [1.165, 1.54) is 0 Å². The molecule has 0 aliphatic carbocycles. The highest BCUT2D eigenvalue weighted by molar-refractivity contribution is 5.41. The SMILES string of the molecule is CC(C)(C)Oc1ccc(N2CCN(OC(C)(C)C)CC2)nc1. The maximum atomic E-state index is 5.90. The molecule has 0 amide bonds. The quantitative estimate of drug-likeness (QED) is 0.858. The Morgan fingerprint density at radius 2 is 1.55 bits per heavy atom. The molecule has 124 valence electrons. The summed E-state index contributed by atoms with van der Waals surface area (Å²) in [6, 6.07) is 4.02. The van der Waals surface area contributed by atoms with Crippen LogP contribution in [0.2, 0.25) is 0 Å². The molecule has 0 unspecified atom stereocenters. The maximum Gasteiger partial charge on any atom is 0.138 e. The van der Waals surface area contributed by atoms with Gasteiger partial charge in [0.05, 0.1) is 11.8 Å². The average Bonchev–Trinajstić information content (AvgIpc) is 2.37. The van der Waals surface area contributed by atoms with Crippen molar-refractivity contribution in [3.05, 3.63) is 18.3 Å². The molecule has 1 aromatic rings. The van der Waals surface area contributed by atoms with Crippen molar-refractivity contribution in [1.82, 2.24) is 10.0 Å². The summed E-state index contributed by atoms with van der Waals surface area (Å²) in [6.45, 7) is 16.0. The van der Waals surface area contributed by atoms with Crippen LogP contribution in [-0.4, -0.2) is 47.4 Å². The first-order chi connectivity index (χ1) is 10.1. The van der Waals surface area contributed by atoms with Gasteiger partial charge in [0, 0.05) is 26.2 Å². The second-order valence-electron chi connectivity index (χ2n) is 7.69. The molecule has 1 aliphatic rings. The summed E-state index contributed by atoms with van der Waals surface area (Å²) in [5.41, 5.74) is -0.328. The molecular formula is C17H29N3O2. The predicted molar refractivity (Wildman–Crippen MR) is 89.2 cm³/mol. The lowest BCUT2D eigenvalue weighted by molar-refractivity contribution is -0.230. The zero-order valence-corrected chi connectivity index (χ0v) is 14.7. The van der Waals surface area contributed by atoms with Gasteiger partial charge in [-0.3, -0.25) is 4.84 Å². The summed E-state index contributed by atoms with van der Waals surface area (Å²) in [5, 5.41) is 2.05. The lowest BCUT2D eigenvalue weighted by atomic mass is 10.2. The summed E-state index contributed by atoms with van der Waals surface area (Å²) in [5.74, 6) is 1.81. The monoisotopic (exact) mass is 307 g/mol. The van der Waals surface area contributed by atoms with Gasteiger partial charge in [-0.2, -0.15) is 5.06 Å². The normalized spacial score (nSPS) is 17.6. The van der Waals surface area contributed by atoms with E-state index in [4.69, 9.17) is 9.57 Å². The molecule has 2 heterocycles. The molecule has 0 atom stereocenters. The van der Waals surface area contributed by atoms with E-state index in [-0.39, 0.29) is 11.2 Å². The maximum absolute atomic E-state index is 5.90. The van der Waals surface area contributed by atoms with Crippen LogP contribution in [0.15, 0.2) is 18.3 Å². The molecule has 1 saturated heterocycles. The molecule has 2 rings (SSSR count). The van der Waals surface area contributed by atoms with Gasteiger partial charge >= 0.3 is 0 Å². The number of hydrogen-bond donors (Lipinski definition) is 0. The second-order valence-corrected chi connectivity index (χ2v) is 7.69. The number of piperazine rings is 1. The highest BCUT2D eigenvalue weighted by Crippen LogP contribution is 2.21. The number of hydrogen-bond acceptors (Lipinski definition) is 5. The third-order valence-electron chi connectivity index (χ3n) is 3.11. The molecule has 0 N–H and O–H groups in total. The van der Waals surface area contributed by atoms with Crippen molar-refractivity contribution in [2.45, 2.75) is 52.7 Å². The summed E-state index contributed by atoms with van der Waals surface area (Å²) >= 11 is 0. The summed E-state index contributed by atoms with van der Waals surface area (Å²) in [4.78, 5) is 12.7. The van der Waals surface area contributed by atoms with E-state index < -0.39 is 0 Å². The molecule has 5 nitrogen and oxygen atoms in total. The third kappa shape index (κ3) is 5.46. The van der Waals surface area contributed by atoms with E-state index in [0.717, 1.165) is 37.7 Å². The number of rotatable bonds is 3. The Bertz CT molecular complexity index is 466. The first kappa shape index (κ1) is 17.0. The number of nitrogens with zero attached hydrogens (tertiary/aromatic N) is 3. The summed E-state index contributed by atoms with van der Waals surface area (Å²) < 4.78 is 5.81. The molecule has 5 heteroatoms. The number of ether oxygens (including phenoxy) is 1. The van der Waals surface area contributed by atoms with E-state index in [0.29, 0.717) is 0 Å². The van der Waals surface area contributed by atoms with Crippen LogP contribution in [0.5, 0.6) is 5.75 Å². The highest BCUT2D eigenvalue weighted by Gasteiger charge is 2.23. The number of hydroxylamine groups is 2. The van der Waals surface area contributed by atoms with Gasteiger partial charge in [0.2, 0.25) is 0 Å². The molecule has 0 bridgehead atoms. The lowest BCUT2D eigenvalue weighted by Crippen LogP contribution is -2.48. The summed E-state index contributed by atoms with van der Waals surface area (Å²) in [6.07, 6.45) is 1.80. The van der Waals surface area contributed by atoms with Crippen molar-refractivity contribution in [3.8, 4) is 5.75 Å². The molecule has 1 aliphatic heterocycles. The van der Waals surface area contributed by atoms with Gasteiger partial charge in [-0.25, -0.2) is 4.98 Å². The van der Waals surface area contributed by atoms with Crippen molar-refractivity contribution in [2.24, 2.45) is 0 Å². The average molecular weight is 307 g/mol. The molecule has 0 spiro atoms. The Kier molecular flexibility index (Phi) is 4.97. The molecule has 0 radical (unpaired) electrons. The summed E-state index contributed by atoms with van der Waals surface area (Å²) in [7, 11) is 0. The van der Waals surface area contributed by atoms with Crippen LogP contribution in [0.4, 0.5) is 5.82 Å². The minimum Gasteiger partial charge on any atom is -0.487 e. The molecule has 1 fully saturated rings. The number of aromatic nitrogens is 1. The first-order valence-electron chi connectivity index (χ1n) is 7.96. The van der Waals surface area contributed by atoms with Crippen molar-refractivity contribution in [3.63, 3.8) is 0 Å². The van der Waals surface area contributed by atoms with Crippen LogP contribution < -0.4 is 9.64 Å². The van der Waals surface area contributed by atoms with Crippen LogP contribution in [0.25, 0.3) is 0 Å². The Hall–Kier alpha value is -1.33. The predicted octanol–water partition coefficient (Wildman–Crippen LogP) is 3.11. The van der Waals surface area contributed by atoms with Crippen molar-refractivity contribution in [2.75, 3.05) is 31.1 Å². The Morgan fingerprint density at radius 1 is 0.909 bits per heavy atom. The Balaban J connectivity index is 1.89. The van der Waals surface area contributed by atoms with Crippen LogP contribution in [0.3, 0.4) is 0 Å². The highest BCUT2D eigenvalue weighted by atomic mass is 16.7. The standard InChI is InChI=1S/C17H29N3O2/c1-16(2,3)21-14-7-8-15(18-13-14)19-9-11-20(12-10-19)22-17(4,5)6/h7-8,13H,9-12H2,1-6H3. The minimum absolute atomic E-state index is 0.133. The van der Waals surface area contributed by atoms with E-state index in [1.807, 2.05) is 38.0 Å². The largest absolute Gasteiger partial charge is 0.487 e. The minimum atomic E-state index is -0.195. The number of pyridine rings is 1. The van der Waals surface area contributed by atoms with E-state index in [9.17, 15) is 0 Å². The van der Waals surface area contributed by atoms with Gasteiger partial charge < -0.3 is 9.64 Å². The Morgan fingerprint density at radius 3 is 2.00 bits per heavy atom. The molecular weight excluding hydrogens is 278 g/mol. The lowest BCUT2D eigenvalue weighted by Gasteiger charge is -2.37. The fraction of sp³-hybridized carbons (Fsp3) is 0.706. The molecule has 0 aromatic carbocycles. The molecule has 1 aromatic heterocycles. The topological polar surface area (TPSA) is 37.8 Å². The fourth-order valence-corrected chi connectivity index (χ4v) is 2.37. The second kappa shape index (κ2) is 6.42. The third-order valence-corrected chi connectivity index (χ3v) is 3.11. The van der Waals surface area contributed by atoms with E-state index >= 15 is 0 Å². The zero-order chi connectivity index (χ0) is 16.4. The number of anilines is 1. The van der Waals surface area contributed by atoms with Crippen LogP contribution >= 0.6 is 0 Å². The van der Waals surface area contributed by atoms with Crippen LogP contribution in [-0.2, 0) is 4.84 Å². The van der Waals surface area contributed by atoms with Gasteiger partial charge in [-0.15, -0.1) is 0 Å². The van der Waals surface area contributed by atoms with Crippen molar-refractivity contribution in [1.29, 1.82) is 0 Å². The van der Waals surface area contributed by atoms with Crippen molar-refractivity contribution < 1.29 is 9.57 Å². The molecule has 0 saturated carbocycles. The van der Waals surface area contributed by atoms with Crippen molar-refractivity contribution >= 4 is 5.82 Å². The zero-order valence-electron chi connectivity index (χ0n) is 14.7. The van der Waals surface area contributed by atoms with Crippen LogP contribution in [0.1, 0.15) is 41.5 Å². The molecule has 22 heavy (non-hydrogen) atoms.